The van der Waals surface area contributed by atoms with Crippen molar-refractivity contribution in [2.45, 2.75) is 38.6 Å². The molecule has 0 spiro atoms. The van der Waals surface area contributed by atoms with Crippen LogP contribution in [0, 0.1) is 11.5 Å². The summed E-state index contributed by atoms with van der Waals surface area (Å²) in [6, 6.07) is 9.71. The summed E-state index contributed by atoms with van der Waals surface area (Å²) in [7, 11) is -1.33. The van der Waals surface area contributed by atoms with Crippen LogP contribution in [0.4, 0.5) is 0 Å². The highest BCUT2D eigenvalue weighted by Crippen LogP contribution is 2.23. The van der Waals surface area contributed by atoms with Gasteiger partial charge in [0, 0.05) is 6.42 Å². The second kappa shape index (κ2) is 4.86. The Labute approximate surface area is 99.5 Å². The monoisotopic (exact) mass is 232 g/mol. The van der Waals surface area contributed by atoms with Crippen molar-refractivity contribution >= 4 is 8.07 Å². The number of rotatable bonds is 2. The van der Waals surface area contributed by atoms with Gasteiger partial charge in [-0.1, -0.05) is 50.0 Å². The summed E-state index contributed by atoms with van der Waals surface area (Å²) in [5.74, 6) is 3.13. The third kappa shape index (κ3) is 4.22. The molecule has 1 aromatic rings. The van der Waals surface area contributed by atoms with E-state index in [4.69, 9.17) is 0 Å². The average molecular weight is 232 g/mol. The fraction of sp³-hybridized carbons (Fsp3) is 0.429. The maximum atomic E-state index is 10.3. The molecule has 1 unspecified atom stereocenters. The van der Waals surface area contributed by atoms with Gasteiger partial charge in [-0.15, -0.1) is 11.5 Å². The topological polar surface area (TPSA) is 20.2 Å². The van der Waals surface area contributed by atoms with Gasteiger partial charge in [0.15, 0.2) is 0 Å². The molecule has 0 saturated carbocycles. The van der Waals surface area contributed by atoms with Gasteiger partial charge in [-0.05, 0) is 12.5 Å². The quantitative estimate of drug-likeness (QED) is 0.613. The van der Waals surface area contributed by atoms with E-state index in [0.717, 1.165) is 5.56 Å². The summed E-state index contributed by atoms with van der Waals surface area (Å²) in [6.45, 7) is 8.44. The maximum absolute atomic E-state index is 10.3. The third-order valence-corrected chi connectivity index (χ3v) is 3.22. The van der Waals surface area contributed by atoms with Crippen molar-refractivity contribution in [3.8, 4) is 11.5 Å². The van der Waals surface area contributed by atoms with Gasteiger partial charge in [0.25, 0.3) is 0 Å². The lowest BCUT2D eigenvalue weighted by Crippen LogP contribution is -2.21. The Morgan fingerprint density at radius 1 is 1.19 bits per heavy atom. The van der Waals surface area contributed by atoms with Crippen molar-refractivity contribution in [2.75, 3.05) is 0 Å². The molecule has 86 valence electrons. The van der Waals surface area contributed by atoms with Crippen molar-refractivity contribution in [2.24, 2.45) is 0 Å². The van der Waals surface area contributed by atoms with Crippen LogP contribution in [0.1, 0.15) is 18.9 Å². The summed E-state index contributed by atoms with van der Waals surface area (Å²) >= 11 is 0. The Balaban J connectivity index is 2.76. The largest absolute Gasteiger partial charge is 0.384 e. The number of benzene rings is 1. The molecule has 1 atom stereocenters. The smallest absolute Gasteiger partial charge is 0.129 e. The van der Waals surface area contributed by atoms with Crippen LogP contribution < -0.4 is 0 Å². The number of hydrogen-bond donors (Lipinski definition) is 1. The van der Waals surface area contributed by atoms with Gasteiger partial charge in [0.05, 0.1) is 5.60 Å². The minimum absolute atomic E-state index is 0.501. The van der Waals surface area contributed by atoms with Gasteiger partial charge in [-0.25, -0.2) is 0 Å². The van der Waals surface area contributed by atoms with Crippen molar-refractivity contribution in [3.05, 3.63) is 35.9 Å². The van der Waals surface area contributed by atoms with Crippen molar-refractivity contribution in [1.29, 1.82) is 0 Å². The van der Waals surface area contributed by atoms with Gasteiger partial charge < -0.3 is 5.11 Å². The van der Waals surface area contributed by atoms with E-state index in [1.807, 2.05) is 37.3 Å². The molecule has 0 bridgehead atoms. The standard InChI is InChI=1S/C14H20OSi/c1-14(15,11-8-12-16(2,3)4)13-9-6-5-7-10-13/h5-7,9-10,15H,11H2,1-4H3. The SMILES string of the molecule is CC(O)(CC#C[Si](C)(C)C)c1ccccc1. The minimum Gasteiger partial charge on any atom is -0.384 e. The molecule has 1 N–H and O–H groups in total. The van der Waals surface area contributed by atoms with Crippen LogP contribution in [0.5, 0.6) is 0 Å². The fourth-order valence-corrected chi connectivity index (χ4v) is 2.00. The first-order chi connectivity index (χ1) is 7.31. The molecule has 0 aromatic heterocycles. The molecule has 0 amide bonds. The van der Waals surface area contributed by atoms with Gasteiger partial charge in [0.2, 0.25) is 0 Å². The Morgan fingerprint density at radius 3 is 2.25 bits per heavy atom. The first-order valence-corrected chi connectivity index (χ1v) is 9.09. The lowest BCUT2D eigenvalue weighted by molar-refractivity contribution is 0.0629. The van der Waals surface area contributed by atoms with Gasteiger partial charge in [-0.2, -0.15) is 0 Å². The lowest BCUT2D eigenvalue weighted by atomic mass is 9.93. The van der Waals surface area contributed by atoms with Gasteiger partial charge in [-0.3, -0.25) is 0 Å². The van der Waals surface area contributed by atoms with Crippen LogP contribution >= 0.6 is 0 Å². The average Bonchev–Trinajstić information content (AvgIpc) is 2.17. The molecular weight excluding hydrogens is 212 g/mol. The molecule has 1 rings (SSSR count). The molecule has 1 aromatic carbocycles. The Morgan fingerprint density at radius 2 is 1.75 bits per heavy atom. The van der Waals surface area contributed by atoms with E-state index >= 15 is 0 Å². The zero-order valence-corrected chi connectivity index (χ0v) is 11.5. The molecule has 16 heavy (non-hydrogen) atoms. The first kappa shape index (κ1) is 13.0. The van der Waals surface area contributed by atoms with E-state index in [0.29, 0.717) is 6.42 Å². The predicted molar refractivity (Wildman–Crippen MR) is 71.8 cm³/mol. The van der Waals surface area contributed by atoms with Crippen molar-refractivity contribution < 1.29 is 5.11 Å². The molecule has 1 nitrogen and oxygen atoms in total. The van der Waals surface area contributed by atoms with Gasteiger partial charge >= 0.3 is 0 Å². The molecule has 2 heteroatoms. The Kier molecular flexibility index (Phi) is 3.96. The summed E-state index contributed by atoms with van der Waals surface area (Å²) in [4.78, 5) is 0. The number of hydrogen-bond acceptors (Lipinski definition) is 1. The first-order valence-electron chi connectivity index (χ1n) is 5.59. The molecule has 0 radical (unpaired) electrons. The molecule has 0 saturated heterocycles. The Bertz CT molecular complexity index is 390. The molecule has 0 heterocycles. The van der Waals surface area contributed by atoms with Crippen LogP contribution in [0.25, 0.3) is 0 Å². The molecule has 0 fully saturated rings. The third-order valence-electron chi connectivity index (χ3n) is 2.29. The molecular formula is C14H20OSi. The van der Waals surface area contributed by atoms with Crippen molar-refractivity contribution in [1.82, 2.24) is 0 Å². The van der Waals surface area contributed by atoms with E-state index in [1.165, 1.54) is 0 Å². The van der Waals surface area contributed by atoms with E-state index in [-0.39, 0.29) is 0 Å². The van der Waals surface area contributed by atoms with Crippen LogP contribution in [0.3, 0.4) is 0 Å². The lowest BCUT2D eigenvalue weighted by Gasteiger charge is -2.21. The van der Waals surface area contributed by atoms with Crippen LogP contribution in [0.2, 0.25) is 19.6 Å². The molecule has 0 aliphatic carbocycles. The summed E-state index contributed by atoms with van der Waals surface area (Å²) < 4.78 is 0. The molecule has 0 aliphatic heterocycles. The highest BCUT2D eigenvalue weighted by atomic mass is 28.3. The van der Waals surface area contributed by atoms with Crippen LogP contribution in [-0.2, 0) is 5.60 Å². The second-order valence-corrected chi connectivity index (χ2v) is 10.1. The van der Waals surface area contributed by atoms with Crippen LogP contribution in [0.15, 0.2) is 30.3 Å². The zero-order chi connectivity index (χ0) is 12.2. The fourth-order valence-electron chi connectivity index (χ4n) is 1.38. The normalized spacial score (nSPS) is 14.8. The second-order valence-electron chi connectivity index (χ2n) is 5.37. The van der Waals surface area contributed by atoms with E-state index in [9.17, 15) is 5.11 Å². The zero-order valence-electron chi connectivity index (χ0n) is 10.5. The minimum atomic E-state index is -1.33. The van der Waals surface area contributed by atoms with Crippen molar-refractivity contribution in [3.63, 3.8) is 0 Å². The summed E-state index contributed by atoms with van der Waals surface area (Å²) in [5, 5.41) is 10.3. The van der Waals surface area contributed by atoms with E-state index in [1.54, 1.807) is 0 Å². The number of aliphatic hydroxyl groups is 1. The highest BCUT2D eigenvalue weighted by molar-refractivity contribution is 6.83. The summed E-state index contributed by atoms with van der Waals surface area (Å²) in [6.07, 6.45) is 0.501. The predicted octanol–water partition coefficient (Wildman–Crippen LogP) is 3.17. The van der Waals surface area contributed by atoms with E-state index < -0.39 is 13.7 Å². The Hall–Kier alpha value is -1.04. The summed E-state index contributed by atoms with van der Waals surface area (Å²) in [5.41, 5.74) is 3.37. The van der Waals surface area contributed by atoms with Gasteiger partial charge in [0.1, 0.15) is 8.07 Å². The maximum Gasteiger partial charge on any atom is 0.129 e. The van der Waals surface area contributed by atoms with E-state index in [2.05, 4.69) is 31.1 Å². The highest BCUT2D eigenvalue weighted by Gasteiger charge is 2.21. The molecule has 0 aliphatic rings. The van der Waals surface area contributed by atoms with Crippen LogP contribution in [-0.4, -0.2) is 13.2 Å².